The van der Waals surface area contributed by atoms with Gasteiger partial charge in [0.15, 0.2) is 0 Å². The number of imidazole rings is 1. The number of benzene rings is 1. The molecule has 1 aliphatic rings. The number of fused-ring (bicyclic) bond motifs is 1. The highest BCUT2D eigenvalue weighted by Crippen LogP contribution is 2.17. The molecule has 0 spiro atoms. The normalized spacial score (nSPS) is 17.7. The zero-order valence-corrected chi connectivity index (χ0v) is 10.4. The summed E-state index contributed by atoms with van der Waals surface area (Å²) in [5.74, 6) is 0.995. The molecule has 1 aromatic heterocycles. The van der Waals surface area contributed by atoms with E-state index in [1.54, 1.807) is 0 Å². The maximum absolute atomic E-state index is 4.43. The first-order valence-electron chi connectivity index (χ1n) is 6.49. The summed E-state index contributed by atoms with van der Waals surface area (Å²) < 4.78 is 0. The van der Waals surface area contributed by atoms with Crippen LogP contribution in [0, 0.1) is 6.92 Å². The standard InChI is InChI=1S/C14H19N3/c1-11-15-13-6-5-12(9-14(13)16-11)10-17-7-3-2-4-8-17/h5-6,9H,2-4,7-8,10H2,1H3,(H,15,16). The molecule has 0 atom stereocenters. The lowest BCUT2D eigenvalue weighted by molar-refractivity contribution is 0.221. The molecule has 3 heteroatoms. The molecule has 0 aliphatic carbocycles. The highest BCUT2D eigenvalue weighted by atomic mass is 15.1. The molecule has 2 aromatic rings. The van der Waals surface area contributed by atoms with E-state index in [4.69, 9.17) is 0 Å². The SMILES string of the molecule is Cc1nc2ccc(CN3CCCCC3)cc2[nH]1. The largest absolute Gasteiger partial charge is 0.342 e. The van der Waals surface area contributed by atoms with Crippen LogP contribution >= 0.6 is 0 Å². The summed E-state index contributed by atoms with van der Waals surface area (Å²) in [4.78, 5) is 10.3. The number of rotatable bonds is 2. The Balaban J connectivity index is 1.79. The summed E-state index contributed by atoms with van der Waals surface area (Å²) in [5, 5.41) is 0. The van der Waals surface area contributed by atoms with Crippen LogP contribution in [0.3, 0.4) is 0 Å². The molecule has 17 heavy (non-hydrogen) atoms. The van der Waals surface area contributed by atoms with Gasteiger partial charge in [0.2, 0.25) is 0 Å². The maximum Gasteiger partial charge on any atom is 0.104 e. The molecule has 1 aromatic carbocycles. The zero-order valence-electron chi connectivity index (χ0n) is 10.4. The second-order valence-corrected chi connectivity index (χ2v) is 5.01. The summed E-state index contributed by atoms with van der Waals surface area (Å²) in [7, 11) is 0. The number of aromatic amines is 1. The van der Waals surface area contributed by atoms with Gasteiger partial charge in [-0.15, -0.1) is 0 Å². The molecule has 0 radical (unpaired) electrons. The number of piperidine rings is 1. The number of hydrogen-bond acceptors (Lipinski definition) is 2. The van der Waals surface area contributed by atoms with Crippen molar-refractivity contribution in [3.8, 4) is 0 Å². The van der Waals surface area contributed by atoms with Crippen molar-refractivity contribution in [2.45, 2.75) is 32.7 Å². The Bertz CT molecular complexity index is 509. The van der Waals surface area contributed by atoms with Gasteiger partial charge in [-0.25, -0.2) is 4.98 Å². The van der Waals surface area contributed by atoms with E-state index in [-0.39, 0.29) is 0 Å². The number of nitrogens with one attached hydrogen (secondary N) is 1. The van der Waals surface area contributed by atoms with E-state index >= 15 is 0 Å². The summed E-state index contributed by atoms with van der Waals surface area (Å²) in [6, 6.07) is 6.57. The van der Waals surface area contributed by atoms with E-state index in [0.29, 0.717) is 0 Å². The van der Waals surface area contributed by atoms with E-state index in [0.717, 1.165) is 23.4 Å². The summed E-state index contributed by atoms with van der Waals surface area (Å²) in [6.07, 6.45) is 4.10. The average molecular weight is 229 g/mol. The van der Waals surface area contributed by atoms with E-state index in [1.807, 2.05) is 6.92 Å². The van der Waals surface area contributed by atoms with Gasteiger partial charge in [-0.3, -0.25) is 4.90 Å². The Labute approximate surface area is 102 Å². The Morgan fingerprint density at radius 3 is 2.88 bits per heavy atom. The molecule has 1 N–H and O–H groups in total. The molecule has 1 aliphatic heterocycles. The van der Waals surface area contributed by atoms with Crippen LogP contribution in [-0.2, 0) is 6.54 Å². The van der Waals surface area contributed by atoms with Crippen molar-refractivity contribution in [3.63, 3.8) is 0 Å². The molecule has 2 heterocycles. The van der Waals surface area contributed by atoms with Crippen molar-refractivity contribution < 1.29 is 0 Å². The fourth-order valence-electron chi connectivity index (χ4n) is 2.66. The topological polar surface area (TPSA) is 31.9 Å². The molecule has 3 nitrogen and oxygen atoms in total. The van der Waals surface area contributed by atoms with E-state index in [1.165, 1.54) is 37.9 Å². The minimum Gasteiger partial charge on any atom is -0.342 e. The van der Waals surface area contributed by atoms with Crippen molar-refractivity contribution in [2.24, 2.45) is 0 Å². The van der Waals surface area contributed by atoms with Crippen molar-refractivity contribution in [1.29, 1.82) is 0 Å². The minimum absolute atomic E-state index is 0.995. The van der Waals surface area contributed by atoms with E-state index in [2.05, 4.69) is 33.1 Å². The molecule has 90 valence electrons. The second-order valence-electron chi connectivity index (χ2n) is 5.01. The van der Waals surface area contributed by atoms with Crippen molar-refractivity contribution >= 4 is 11.0 Å². The Kier molecular flexibility index (Phi) is 2.85. The third-order valence-corrected chi connectivity index (χ3v) is 3.52. The molecule has 0 amide bonds. The van der Waals surface area contributed by atoms with Gasteiger partial charge >= 0.3 is 0 Å². The van der Waals surface area contributed by atoms with Crippen LogP contribution in [0.2, 0.25) is 0 Å². The van der Waals surface area contributed by atoms with Crippen LogP contribution in [0.15, 0.2) is 18.2 Å². The van der Waals surface area contributed by atoms with Crippen LogP contribution in [0.25, 0.3) is 11.0 Å². The van der Waals surface area contributed by atoms with Gasteiger partial charge in [-0.2, -0.15) is 0 Å². The Hall–Kier alpha value is -1.35. The van der Waals surface area contributed by atoms with Gasteiger partial charge in [0.1, 0.15) is 5.82 Å². The second kappa shape index (κ2) is 4.49. The first-order valence-corrected chi connectivity index (χ1v) is 6.49. The predicted octanol–water partition coefficient (Wildman–Crippen LogP) is 2.86. The molecular formula is C14H19N3. The maximum atomic E-state index is 4.43. The number of aryl methyl sites for hydroxylation is 1. The van der Waals surface area contributed by atoms with Crippen molar-refractivity contribution in [2.75, 3.05) is 13.1 Å². The summed E-state index contributed by atoms with van der Waals surface area (Å²) in [6.45, 7) is 5.58. The lowest BCUT2D eigenvalue weighted by Crippen LogP contribution is -2.29. The quantitative estimate of drug-likeness (QED) is 0.858. The Morgan fingerprint density at radius 2 is 2.06 bits per heavy atom. The van der Waals surface area contributed by atoms with Crippen LogP contribution in [0.1, 0.15) is 30.7 Å². The number of likely N-dealkylation sites (tertiary alicyclic amines) is 1. The van der Waals surface area contributed by atoms with Crippen molar-refractivity contribution in [3.05, 3.63) is 29.6 Å². The molecule has 1 saturated heterocycles. The van der Waals surface area contributed by atoms with Crippen LogP contribution in [0.5, 0.6) is 0 Å². The molecule has 0 unspecified atom stereocenters. The van der Waals surface area contributed by atoms with Gasteiger partial charge in [0, 0.05) is 6.54 Å². The summed E-state index contributed by atoms with van der Waals surface area (Å²) >= 11 is 0. The average Bonchev–Trinajstić information content (AvgIpc) is 2.70. The molecule has 0 saturated carbocycles. The lowest BCUT2D eigenvalue weighted by atomic mass is 10.1. The molecule has 0 bridgehead atoms. The lowest BCUT2D eigenvalue weighted by Gasteiger charge is -2.26. The van der Waals surface area contributed by atoms with Gasteiger partial charge in [-0.1, -0.05) is 12.5 Å². The highest BCUT2D eigenvalue weighted by molar-refractivity contribution is 5.75. The number of nitrogens with zero attached hydrogens (tertiary/aromatic N) is 2. The van der Waals surface area contributed by atoms with Gasteiger partial charge in [-0.05, 0) is 50.6 Å². The first kappa shape index (κ1) is 10.8. The molecular weight excluding hydrogens is 210 g/mol. The van der Waals surface area contributed by atoms with Gasteiger partial charge < -0.3 is 4.98 Å². The third-order valence-electron chi connectivity index (χ3n) is 3.52. The predicted molar refractivity (Wildman–Crippen MR) is 70.0 cm³/mol. The van der Waals surface area contributed by atoms with Crippen molar-refractivity contribution in [1.82, 2.24) is 14.9 Å². The van der Waals surface area contributed by atoms with E-state index < -0.39 is 0 Å². The summed E-state index contributed by atoms with van der Waals surface area (Å²) in [5.41, 5.74) is 3.63. The van der Waals surface area contributed by atoms with E-state index in [9.17, 15) is 0 Å². The molecule has 3 rings (SSSR count). The van der Waals surface area contributed by atoms with Crippen LogP contribution < -0.4 is 0 Å². The number of hydrogen-bond donors (Lipinski definition) is 1. The minimum atomic E-state index is 0.995. The smallest absolute Gasteiger partial charge is 0.104 e. The fraction of sp³-hybridized carbons (Fsp3) is 0.500. The monoisotopic (exact) mass is 229 g/mol. The third kappa shape index (κ3) is 2.34. The van der Waals surface area contributed by atoms with Gasteiger partial charge in [0.25, 0.3) is 0 Å². The van der Waals surface area contributed by atoms with Crippen LogP contribution in [0.4, 0.5) is 0 Å². The number of aromatic nitrogens is 2. The highest BCUT2D eigenvalue weighted by Gasteiger charge is 2.10. The first-order chi connectivity index (χ1) is 8.31. The van der Waals surface area contributed by atoms with Gasteiger partial charge in [0.05, 0.1) is 11.0 Å². The van der Waals surface area contributed by atoms with Crippen LogP contribution in [-0.4, -0.2) is 28.0 Å². The zero-order chi connectivity index (χ0) is 11.7. The molecule has 1 fully saturated rings. The Morgan fingerprint density at radius 1 is 1.24 bits per heavy atom. The fourth-order valence-corrected chi connectivity index (χ4v) is 2.66. The number of H-pyrrole nitrogens is 1.